The number of anilines is 1. The van der Waals surface area contributed by atoms with E-state index in [1.165, 1.54) is 11.0 Å². The molecular weight excluding hydrogens is 272 g/mol. The molecule has 0 amide bonds. The highest BCUT2D eigenvalue weighted by Gasteiger charge is 2.21. The first-order valence-electron chi connectivity index (χ1n) is 5.70. The topological polar surface area (TPSA) is 85.9 Å². The van der Waals surface area contributed by atoms with Crippen molar-refractivity contribution in [3.8, 4) is 0 Å². The fourth-order valence-electron chi connectivity index (χ4n) is 1.66. The number of halogens is 2. The average Bonchev–Trinajstić information content (AvgIpc) is 2.80. The van der Waals surface area contributed by atoms with Crippen molar-refractivity contribution in [2.24, 2.45) is 7.05 Å². The molecule has 0 aliphatic carbocycles. The van der Waals surface area contributed by atoms with Gasteiger partial charge in [-0.15, -0.1) is 0 Å². The number of nitrogens with one attached hydrogen (secondary N) is 1. The molecule has 0 radical (unpaired) electrons. The molecule has 1 aromatic heterocycles. The smallest absolute Gasteiger partial charge is 0.295 e. The minimum Gasteiger partial charge on any atom is -0.377 e. The van der Waals surface area contributed by atoms with Crippen molar-refractivity contribution in [1.29, 1.82) is 0 Å². The van der Waals surface area contributed by atoms with Crippen LogP contribution in [0.4, 0.5) is 20.2 Å². The molecule has 1 aromatic carbocycles. The van der Waals surface area contributed by atoms with E-state index < -0.39 is 27.9 Å². The number of hydrogen-bond acceptors (Lipinski definition) is 5. The van der Waals surface area contributed by atoms with E-state index >= 15 is 0 Å². The lowest BCUT2D eigenvalue weighted by atomic mass is 10.2. The van der Waals surface area contributed by atoms with Crippen molar-refractivity contribution in [3.63, 3.8) is 0 Å². The summed E-state index contributed by atoms with van der Waals surface area (Å²) in [7, 11) is 1.70. The molecule has 0 bridgehead atoms. The second kappa shape index (κ2) is 5.59. The first-order valence-corrected chi connectivity index (χ1v) is 5.70. The molecule has 9 heteroatoms. The Kier molecular flexibility index (Phi) is 3.87. The number of nitrogens with zero attached hydrogens (tertiary/aromatic N) is 4. The summed E-state index contributed by atoms with van der Waals surface area (Å²) >= 11 is 0. The highest BCUT2D eigenvalue weighted by atomic mass is 19.2. The number of rotatable bonds is 5. The quantitative estimate of drug-likeness (QED) is 0.666. The van der Waals surface area contributed by atoms with Crippen molar-refractivity contribution < 1.29 is 13.7 Å². The first-order chi connectivity index (χ1) is 9.49. The van der Waals surface area contributed by atoms with Gasteiger partial charge in [0, 0.05) is 26.1 Å². The molecular formula is C11H11F2N5O2. The van der Waals surface area contributed by atoms with E-state index in [9.17, 15) is 18.9 Å². The Morgan fingerprint density at radius 2 is 2.20 bits per heavy atom. The number of aromatic nitrogens is 3. The van der Waals surface area contributed by atoms with Gasteiger partial charge in [0.1, 0.15) is 6.33 Å². The van der Waals surface area contributed by atoms with Gasteiger partial charge in [0.15, 0.2) is 23.1 Å². The van der Waals surface area contributed by atoms with Crippen molar-refractivity contribution in [2.45, 2.75) is 6.42 Å². The van der Waals surface area contributed by atoms with Crippen molar-refractivity contribution >= 4 is 11.4 Å². The summed E-state index contributed by atoms with van der Waals surface area (Å²) in [5, 5.41) is 17.3. The van der Waals surface area contributed by atoms with E-state index in [1.807, 2.05) is 0 Å². The normalized spacial score (nSPS) is 10.6. The maximum Gasteiger partial charge on any atom is 0.295 e. The third kappa shape index (κ3) is 2.87. The van der Waals surface area contributed by atoms with E-state index in [-0.39, 0.29) is 6.54 Å². The monoisotopic (exact) mass is 283 g/mol. The SMILES string of the molecule is Cn1cnc(CCNc2c([N+](=O)[O-])ccc(F)c2F)n1. The Balaban J connectivity index is 2.12. The van der Waals surface area contributed by atoms with Gasteiger partial charge in [0.05, 0.1) is 4.92 Å². The third-order valence-electron chi connectivity index (χ3n) is 2.57. The molecule has 0 aliphatic heterocycles. The highest BCUT2D eigenvalue weighted by molar-refractivity contribution is 5.62. The molecule has 1 heterocycles. The maximum absolute atomic E-state index is 13.6. The van der Waals surface area contributed by atoms with Crippen LogP contribution in [0.2, 0.25) is 0 Å². The molecule has 0 aliphatic rings. The number of nitro groups is 1. The van der Waals surface area contributed by atoms with Crippen LogP contribution in [-0.4, -0.2) is 26.2 Å². The summed E-state index contributed by atoms with van der Waals surface area (Å²) in [5.74, 6) is -1.92. The predicted octanol–water partition coefficient (Wildman–Crippen LogP) is 1.66. The van der Waals surface area contributed by atoms with Crippen LogP contribution in [0.5, 0.6) is 0 Å². The lowest BCUT2D eigenvalue weighted by molar-refractivity contribution is -0.384. The van der Waals surface area contributed by atoms with Crippen LogP contribution >= 0.6 is 0 Å². The minimum absolute atomic E-state index is 0.144. The molecule has 0 saturated carbocycles. The molecule has 0 spiro atoms. The fourth-order valence-corrected chi connectivity index (χ4v) is 1.66. The average molecular weight is 283 g/mol. The van der Waals surface area contributed by atoms with Crippen LogP contribution in [0.15, 0.2) is 18.5 Å². The number of benzene rings is 1. The zero-order valence-electron chi connectivity index (χ0n) is 10.5. The van der Waals surface area contributed by atoms with Crippen LogP contribution in [0.1, 0.15) is 5.82 Å². The van der Waals surface area contributed by atoms with Gasteiger partial charge in [-0.2, -0.15) is 5.10 Å². The maximum atomic E-state index is 13.6. The van der Waals surface area contributed by atoms with Crippen molar-refractivity contribution in [3.05, 3.63) is 46.0 Å². The largest absolute Gasteiger partial charge is 0.377 e. The molecule has 0 saturated heterocycles. The second-order valence-corrected chi connectivity index (χ2v) is 4.02. The molecule has 20 heavy (non-hydrogen) atoms. The second-order valence-electron chi connectivity index (χ2n) is 4.02. The Morgan fingerprint density at radius 1 is 1.45 bits per heavy atom. The van der Waals surface area contributed by atoms with Crippen LogP contribution in [0.3, 0.4) is 0 Å². The van der Waals surface area contributed by atoms with E-state index in [1.54, 1.807) is 7.05 Å². The summed E-state index contributed by atoms with van der Waals surface area (Å²) in [5.41, 5.74) is -0.983. The molecule has 0 atom stereocenters. The van der Waals surface area contributed by atoms with Gasteiger partial charge in [-0.1, -0.05) is 0 Å². The first kappa shape index (κ1) is 13.8. The summed E-state index contributed by atoms with van der Waals surface area (Å²) in [6, 6.07) is 1.64. The molecule has 0 unspecified atom stereocenters. The Labute approximate surface area is 112 Å². The van der Waals surface area contributed by atoms with Gasteiger partial charge in [0.25, 0.3) is 5.69 Å². The summed E-state index contributed by atoms with van der Waals surface area (Å²) < 4.78 is 28.2. The Hall–Kier alpha value is -2.58. The lowest BCUT2D eigenvalue weighted by Gasteiger charge is -2.07. The number of nitro benzene ring substituents is 1. The molecule has 2 aromatic rings. The summed E-state index contributed by atoms with van der Waals surface area (Å²) in [6.07, 6.45) is 1.83. The highest BCUT2D eigenvalue weighted by Crippen LogP contribution is 2.28. The zero-order chi connectivity index (χ0) is 14.7. The predicted molar refractivity (Wildman–Crippen MR) is 66.2 cm³/mol. The van der Waals surface area contributed by atoms with Crippen molar-refractivity contribution in [1.82, 2.24) is 14.8 Å². The van der Waals surface area contributed by atoms with Crippen molar-refractivity contribution in [2.75, 3.05) is 11.9 Å². The van der Waals surface area contributed by atoms with Gasteiger partial charge in [0.2, 0.25) is 0 Å². The van der Waals surface area contributed by atoms with Gasteiger partial charge in [-0.3, -0.25) is 14.8 Å². The standard InChI is InChI=1S/C11H11F2N5O2/c1-17-6-15-9(16-17)4-5-14-11-8(18(19)20)3-2-7(12)10(11)13/h2-3,6,14H,4-5H2,1H3. The molecule has 0 fully saturated rings. The van der Waals surface area contributed by atoms with Crippen LogP contribution in [-0.2, 0) is 13.5 Å². The lowest BCUT2D eigenvalue weighted by Crippen LogP contribution is -2.10. The zero-order valence-corrected chi connectivity index (χ0v) is 10.5. The van der Waals surface area contributed by atoms with E-state index in [4.69, 9.17) is 0 Å². The van der Waals surface area contributed by atoms with Gasteiger partial charge >= 0.3 is 0 Å². The molecule has 1 N–H and O–H groups in total. The fraction of sp³-hybridized carbons (Fsp3) is 0.273. The summed E-state index contributed by atoms with van der Waals surface area (Å²) in [4.78, 5) is 14.0. The minimum atomic E-state index is -1.27. The van der Waals surface area contributed by atoms with Gasteiger partial charge in [-0.05, 0) is 6.07 Å². The van der Waals surface area contributed by atoms with E-state index in [0.29, 0.717) is 12.2 Å². The van der Waals surface area contributed by atoms with Crippen LogP contribution in [0, 0.1) is 21.7 Å². The Bertz CT molecular complexity index is 644. The summed E-state index contributed by atoms with van der Waals surface area (Å²) in [6.45, 7) is 0.144. The van der Waals surface area contributed by atoms with Crippen LogP contribution in [0.25, 0.3) is 0 Å². The van der Waals surface area contributed by atoms with Gasteiger partial charge < -0.3 is 5.32 Å². The number of hydrogen-bond donors (Lipinski definition) is 1. The Morgan fingerprint density at radius 3 is 2.80 bits per heavy atom. The number of aryl methyl sites for hydroxylation is 1. The van der Waals surface area contributed by atoms with E-state index in [0.717, 1.165) is 12.1 Å². The third-order valence-corrected chi connectivity index (χ3v) is 2.57. The molecule has 106 valence electrons. The molecule has 2 rings (SSSR count). The van der Waals surface area contributed by atoms with E-state index in [2.05, 4.69) is 15.4 Å². The van der Waals surface area contributed by atoms with Crippen LogP contribution < -0.4 is 5.32 Å². The molecule has 7 nitrogen and oxygen atoms in total. The van der Waals surface area contributed by atoms with Gasteiger partial charge in [-0.25, -0.2) is 13.8 Å².